The smallest absolute Gasteiger partial charge is 0.239 e. The Morgan fingerprint density at radius 2 is 1.78 bits per heavy atom. The largest absolute Gasteiger partial charge is 0.507 e. The summed E-state index contributed by atoms with van der Waals surface area (Å²) in [6, 6.07) is 9.43. The highest BCUT2D eigenvalue weighted by molar-refractivity contribution is 6.32. The number of carbonyl (C=O) groups is 5. The minimum Gasteiger partial charge on any atom is -0.507 e. The number of likely N-dealkylation sites (N-methyl/N-ethyl adjacent to an activating group) is 1. The molecule has 0 radical (unpaired) electrons. The van der Waals surface area contributed by atoms with Gasteiger partial charge in [-0.25, -0.2) is 0 Å². The lowest BCUT2D eigenvalue weighted by atomic mass is 9.49. The Kier molecular flexibility index (Phi) is 10.00. The van der Waals surface area contributed by atoms with Crippen molar-refractivity contribution in [2.75, 3.05) is 33.9 Å². The van der Waals surface area contributed by atoms with Gasteiger partial charge in [0.2, 0.25) is 5.91 Å². The molecule has 14 unspecified atom stereocenters. The maximum absolute atomic E-state index is 14.3. The van der Waals surface area contributed by atoms with Crippen LogP contribution in [0.4, 0.5) is 0 Å². The van der Waals surface area contributed by atoms with E-state index < -0.39 is 82.2 Å². The average molecular weight is 828 g/mol. The van der Waals surface area contributed by atoms with Gasteiger partial charge in [0.05, 0.1) is 48.4 Å². The molecule has 60 heavy (non-hydrogen) atoms. The van der Waals surface area contributed by atoms with Crippen LogP contribution >= 0.6 is 0 Å². The number of aliphatic hydroxyl groups is 2. The van der Waals surface area contributed by atoms with E-state index in [9.17, 15) is 39.3 Å². The van der Waals surface area contributed by atoms with E-state index in [0.29, 0.717) is 29.9 Å². The summed E-state index contributed by atoms with van der Waals surface area (Å²) in [4.78, 5) is 71.2. The molecule has 1 amide bonds. The van der Waals surface area contributed by atoms with Gasteiger partial charge in [-0.1, -0.05) is 32.0 Å². The first kappa shape index (κ1) is 41.3. The first-order valence-corrected chi connectivity index (χ1v) is 21.6. The van der Waals surface area contributed by atoms with Crippen molar-refractivity contribution in [1.29, 1.82) is 0 Å². The van der Waals surface area contributed by atoms with Gasteiger partial charge in [0.15, 0.2) is 40.4 Å². The van der Waals surface area contributed by atoms with Crippen molar-refractivity contribution < 1.29 is 53.5 Å². The fourth-order valence-corrected chi connectivity index (χ4v) is 13.1. The van der Waals surface area contributed by atoms with Gasteiger partial charge in [-0.15, -0.1) is 0 Å². The SMILES string of the molecule is CC1c2cccc(O)c2C(=O)C2C(=O)C3(O)C(=O)C(C(=O)NCNCCOc4ccc5c(c4)CCC4C5CCC5(C)C4CC4OC(C)(C)OC45)C(=O)C(N(C)C)C3C(O)C21. The molecule has 6 aliphatic carbocycles. The van der Waals surface area contributed by atoms with E-state index in [0.717, 1.165) is 37.9 Å². The standard InChI is InChI=1S/C46H57N3O11/c1-21-24-8-7-9-29(50)32(24)37(51)33-31(21)38(52)35-36(49(5)6)39(53)34(41(55)46(35,57)40(33)54)43(56)48-20-47-16-17-58-23-11-13-25-22(18-23)10-12-27-26(25)14-15-45(4)28(27)19-30-42(45)60-44(2,3)59-30/h7-9,11,13,18,21,26-28,30-31,33-36,38,42,47,50,52,57H,10,12,14-17,19-20H2,1-6H3,(H,48,56). The van der Waals surface area contributed by atoms with E-state index in [1.807, 2.05) is 19.9 Å². The lowest BCUT2D eigenvalue weighted by molar-refractivity contribution is -0.197. The monoisotopic (exact) mass is 827 g/mol. The molecule has 1 heterocycles. The quantitative estimate of drug-likeness (QED) is 0.148. The summed E-state index contributed by atoms with van der Waals surface area (Å²) in [6.07, 6.45) is 4.06. The van der Waals surface area contributed by atoms with E-state index in [-0.39, 0.29) is 42.2 Å². The van der Waals surface area contributed by atoms with E-state index in [4.69, 9.17) is 14.2 Å². The first-order chi connectivity index (χ1) is 28.4. The van der Waals surface area contributed by atoms with Gasteiger partial charge in [-0.3, -0.25) is 34.2 Å². The average Bonchev–Trinajstić information content (AvgIpc) is 3.66. The van der Waals surface area contributed by atoms with Crippen molar-refractivity contribution in [3.8, 4) is 11.5 Å². The Labute approximate surface area is 349 Å². The molecule has 0 bridgehead atoms. The highest BCUT2D eigenvalue weighted by Gasteiger charge is 2.73. The molecule has 0 aromatic heterocycles. The highest BCUT2D eigenvalue weighted by atomic mass is 16.8. The normalized spacial score (nSPS) is 39.8. The number of carbonyl (C=O) groups excluding carboxylic acids is 5. The van der Waals surface area contributed by atoms with E-state index in [1.165, 1.54) is 36.2 Å². The van der Waals surface area contributed by atoms with Crippen LogP contribution in [0.5, 0.6) is 11.5 Å². The number of aromatic hydroxyl groups is 1. The summed E-state index contributed by atoms with van der Waals surface area (Å²) in [6.45, 7) is 8.57. The van der Waals surface area contributed by atoms with Gasteiger partial charge in [-0.05, 0) is 124 Å². The van der Waals surface area contributed by atoms with Gasteiger partial charge in [-0.2, -0.15) is 0 Å². The predicted octanol–water partition coefficient (Wildman–Crippen LogP) is 2.64. The van der Waals surface area contributed by atoms with E-state index in [1.54, 1.807) is 19.1 Å². The summed E-state index contributed by atoms with van der Waals surface area (Å²) < 4.78 is 18.9. The van der Waals surface area contributed by atoms with Crippen molar-refractivity contribution in [3.05, 3.63) is 58.7 Å². The lowest BCUT2D eigenvalue weighted by Crippen LogP contribution is -2.77. The number of aryl methyl sites for hydroxylation is 1. The molecular formula is C46H57N3O11. The first-order valence-electron chi connectivity index (χ1n) is 21.6. The van der Waals surface area contributed by atoms with Crippen LogP contribution in [-0.2, 0) is 35.1 Å². The summed E-state index contributed by atoms with van der Waals surface area (Å²) in [5.74, 6) is -10.8. The number of aliphatic hydroxyl groups excluding tert-OH is 1. The van der Waals surface area contributed by atoms with Gasteiger partial charge >= 0.3 is 0 Å². The Hall–Kier alpha value is -4.05. The zero-order valence-corrected chi connectivity index (χ0v) is 35.1. The van der Waals surface area contributed by atoms with Crippen LogP contribution in [0.1, 0.15) is 92.3 Å². The van der Waals surface area contributed by atoms with Crippen molar-refractivity contribution in [2.45, 2.75) is 107 Å². The third kappa shape index (κ3) is 5.99. The molecule has 14 atom stereocenters. The zero-order valence-electron chi connectivity index (χ0n) is 35.1. The number of Topliss-reactive ketones (excluding diaryl/α,β-unsaturated/α-hetero) is 4. The Bertz CT molecular complexity index is 2160. The minimum atomic E-state index is -3.02. The fourth-order valence-electron chi connectivity index (χ4n) is 13.1. The summed E-state index contributed by atoms with van der Waals surface area (Å²) in [5.41, 5.74) is 0.142. The van der Waals surface area contributed by atoms with Crippen molar-refractivity contribution in [2.24, 2.45) is 40.9 Å². The minimum absolute atomic E-state index is 0.110. The summed E-state index contributed by atoms with van der Waals surface area (Å²) in [7, 11) is 2.99. The highest BCUT2D eigenvalue weighted by Crippen LogP contribution is 2.64. The van der Waals surface area contributed by atoms with Crippen LogP contribution in [0.3, 0.4) is 0 Å². The van der Waals surface area contributed by atoms with Crippen molar-refractivity contribution >= 4 is 29.0 Å². The zero-order chi connectivity index (χ0) is 42.8. The van der Waals surface area contributed by atoms with Crippen LogP contribution in [0.15, 0.2) is 36.4 Å². The predicted molar refractivity (Wildman–Crippen MR) is 215 cm³/mol. The van der Waals surface area contributed by atoms with Crippen molar-refractivity contribution in [3.63, 3.8) is 0 Å². The second-order valence-electron chi connectivity index (χ2n) is 19.4. The van der Waals surface area contributed by atoms with E-state index >= 15 is 0 Å². The molecule has 1 saturated heterocycles. The Morgan fingerprint density at radius 1 is 1.02 bits per heavy atom. The maximum atomic E-state index is 14.3. The third-order valence-corrected chi connectivity index (χ3v) is 15.7. The number of hydrogen-bond acceptors (Lipinski definition) is 13. The number of ketones is 4. The molecule has 14 heteroatoms. The fraction of sp³-hybridized carbons (Fsp3) is 0.630. The molecule has 322 valence electrons. The van der Waals surface area contributed by atoms with Crippen LogP contribution in [0.25, 0.3) is 0 Å². The molecule has 2 aromatic carbocycles. The Morgan fingerprint density at radius 3 is 2.53 bits per heavy atom. The van der Waals surface area contributed by atoms with Gasteiger partial charge in [0, 0.05) is 12.5 Å². The second kappa shape index (κ2) is 14.5. The molecule has 0 spiro atoms. The van der Waals surface area contributed by atoms with Crippen LogP contribution in [-0.4, -0.2) is 119 Å². The van der Waals surface area contributed by atoms with Crippen LogP contribution < -0.4 is 15.4 Å². The molecule has 9 rings (SSSR count). The summed E-state index contributed by atoms with van der Waals surface area (Å²) >= 11 is 0. The number of rotatable bonds is 8. The van der Waals surface area contributed by atoms with Crippen LogP contribution in [0.2, 0.25) is 0 Å². The molecule has 14 nitrogen and oxygen atoms in total. The molecule has 4 saturated carbocycles. The number of ether oxygens (including phenoxy) is 3. The second-order valence-corrected chi connectivity index (χ2v) is 19.4. The number of phenols is 1. The number of phenolic OH excluding ortho intramolecular Hbond substituents is 1. The number of amides is 1. The summed E-state index contributed by atoms with van der Waals surface area (Å²) in [5, 5.41) is 40.1. The van der Waals surface area contributed by atoms with Gasteiger partial charge in [0.25, 0.3) is 0 Å². The topological polar surface area (TPSA) is 201 Å². The molecule has 1 aliphatic heterocycles. The molecule has 5 fully saturated rings. The molecule has 7 aliphatic rings. The maximum Gasteiger partial charge on any atom is 0.239 e. The van der Waals surface area contributed by atoms with Crippen LogP contribution in [0, 0.1) is 40.9 Å². The number of nitrogens with one attached hydrogen (secondary N) is 2. The third-order valence-electron chi connectivity index (χ3n) is 15.7. The van der Waals surface area contributed by atoms with E-state index in [2.05, 4.69) is 29.7 Å². The molecule has 5 N–H and O–H groups in total. The number of benzene rings is 2. The van der Waals surface area contributed by atoms with Gasteiger partial charge in [0.1, 0.15) is 18.1 Å². The number of hydrogen-bond donors (Lipinski definition) is 5. The van der Waals surface area contributed by atoms with Gasteiger partial charge < -0.3 is 34.8 Å². The number of nitrogens with zero attached hydrogens (tertiary/aromatic N) is 1. The lowest BCUT2D eigenvalue weighted by Gasteiger charge is -2.56. The Balaban J connectivity index is 0.817. The van der Waals surface area contributed by atoms with Crippen molar-refractivity contribution in [1.82, 2.24) is 15.5 Å². The molecular weight excluding hydrogens is 771 g/mol. The number of fused-ring (bicyclic) bond motifs is 10. The molecule has 2 aromatic rings.